The number of carbonyl (C=O) groups is 1. The van der Waals surface area contributed by atoms with Crippen LogP contribution in [0.4, 0.5) is 33.5 Å². The molecule has 0 bridgehead atoms. The van der Waals surface area contributed by atoms with Crippen LogP contribution in [-0.2, 0) is 0 Å². The van der Waals surface area contributed by atoms with Crippen LogP contribution in [0.1, 0.15) is 43.5 Å². The minimum absolute atomic E-state index is 0.278. The highest BCUT2D eigenvalue weighted by Gasteiger charge is 2.14. The number of amides is 2. The van der Waals surface area contributed by atoms with Gasteiger partial charge in [0.1, 0.15) is 17.5 Å². The van der Waals surface area contributed by atoms with E-state index in [0.29, 0.717) is 11.7 Å². The number of benzene rings is 2. The van der Waals surface area contributed by atoms with Crippen molar-refractivity contribution in [2.24, 2.45) is 0 Å². The first-order valence-electron chi connectivity index (χ1n) is 11.2. The molecule has 2 aromatic carbocycles. The first kappa shape index (κ1) is 21.6. The van der Waals surface area contributed by atoms with Gasteiger partial charge in [-0.1, -0.05) is 37.0 Å². The van der Waals surface area contributed by atoms with E-state index in [0.717, 1.165) is 34.4 Å². The van der Waals surface area contributed by atoms with E-state index in [1.165, 1.54) is 32.1 Å². The summed E-state index contributed by atoms with van der Waals surface area (Å²) in [5.74, 6) is 2.32. The molecule has 1 aliphatic rings. The molecule has 2 amide bonds. The van der Waals surface area contributed by atoms with Gasteiger partial charge in [0.15, 0.2) is 0 Å². The lowest BCUT2D eigenvalue weighted by Gasteiger charge is -2.23. The molecule has 0 aliphatic heterocycles. The quantitative estimate of drug-likeness (QED) is 0.372. The van der Waals surface area contributed by atoms with E-state index in [4.69, 9.17) is 0 Å². The van der Waals surface area contributed by atoms with E-state index in [1.807, 2.05) is 68.4 Å². The van der Waals surface area contributed by atoms with Crippen LogP contribution >= 0.6 is 0 Å². The maximum atomic E-state index is 12.2. The fourth-order valence-electron chi connectivity index (χ4n) is 3.88. The number of nitrogens with zero attached hydrogens (tertiary/aromatic N) is 2. The molecule has 0 saturated heterocycles. The average Bonchev–Trinajstić information content (AvgIpc) is 2.77. The number of rotatable bonds is 6. The Kier molecular flexibility index (Phi) is 6.84. The van der Waals surface area contributed by atoms with Gasteiger partial charge in [0.25, 0.3) is 0 Å². The topological polar surface area (TPSA) is 91.0 Å². The van der Waals surface area contributed by atoms with Crippen LogP contribution in [0.3, 0.4) is 0 Å². The summed E-state index contributed by atoms with van der Waals surface area (Å²) in [6, 6.07) is 17.4. The van der Waals surface area contributed by atoms with Crippen molar-refractivity contribution in [2.45, 2.75) is 52.0 Å². The van der Waals surface area contributed by atoms with Gasteiger partial charge in [-0.3, -0.25) is 0 Å². The van der Waals surface area contributed by atoms with Crippen LogP contribution in [0.5, 0.6) is 0 Å². The third-order valence-electron chi connectivity index (χ3n) is 5.52. The first-order chi connectivity index (χ1) is 15.5. The second-order valence-electron chi connectivity index (χ2n) is 8.31. The van der Waals surface area contributed by atoms with Crippen molar-refractivity contribution in [1.29, 1.82) is 0 Å². The highest BCUT2D eigenvalue weighted by atomic mass is 16.2. The molecule has 1 heterocycles. The molecule has 3 aromatic rings. The SMILES string of the molecule is Cc1ccc(NC(=O)Nc2ccc(Nc3cc(NC4CCCCC4)nc(C)n3)cc2)cc1. The van der Waals surface area contributed by atoms with Gasteiger partial charge in [-0.2, -0.15) is 0 Å². The fraction of sp³-hybridized carbons (Fsp3) is 0.320. The second kappa shape index (κ2) is 10.1. The van der Waals surface area contributed by atoms with E-state index in [2.05, 4.69) is 31.2 Å². The number of urea groups is 1. The van der Waals surface area contributed by atoms with E-state index in [-0.39, 0.29) is 6.03 Å². The Morgan fingerprint density at radius 1 is 0.781 bits per heavy atom. The fourth-order valence-corrected chi connectivity index (χ4v) is 3.88. The Hall–Kier alpha value is -3.61. The molecule has 1 aliphatic carbocycles. The molecule has 0 radical (unpaired) electrons. The van der Waals surface area contributed by atoms with Crippen LogP contribution in [0.15, 0.2) is 54.6 Å². The van der Waals surface area contributed by atoms with E-state index in [1.54, 1.807) is 0 Å². The average molecular weight is 431 g/mol. The van der Waals surface area contributed by atoms with E-state index in [9.17, 15) is 4.79 Å². The Bertz CT molecular complexity index is 1040. The minimum Gasteiger partial charge on any atom is -0.367 e. The normalized spacial score (nSPS) is 13.9. The summed E-state index contributed by atoms with van der Waals surface area (Å²) in [5.41, 5.74) is 3.49. The molecule has 0 spiro atoms. The van der Waals surface area contributed by atoms with Crippen LogP contribution in [-0.4, -0.2) is 22.0 Å². The largest absolute Gasteiger partial charge is 0.367 e. The summed E-state index contributed by atoms with van der Waals surface area (Å²) in [6.45, 7) is 3.91. The summed E-state index contributed by atoms with van der Waals surface area (Å²) in [6.07, 6.45) is 6.26. The number of nitrogens with one attached hydrogen (secondary N) is 4. The van der Waals surface area contributed by atoms with Crippen molar-refractivity contribution < 1.29 is 4.79 Å². The monoisotopic (exact) mass is 430 g/mol. The summed E-state index contributed by atoms with van der Waals surface area (Å²) in [7, 11) is 0. The van der Waals surface area contributed by atoms with Crippen LogP contribution in [0.2, 0.25) is 0 Å². The molecule has 32 heavy (non-hydrogen) atoms. The smallest absolute Gasteiger partial charge is 0.323 e. The molecule has 4 rings (SSSR count). The molecule has 7 heteroatoms. The maximum absolute atomic E-state index is 12.2. The van der Waals surface area contributed by atoms with Gasteiger partial charge in [-0.25, -0.2) is 14.8 Å². The van der Waals surface area contributed by atoms with Crippen molar-refractivity contribution in [1.82, 2.24) is 9.97 Å². The standard InChI is InChI=1S/C25H30N6O/c1-17-8-10-21(11-9-17)30-25(32)31-22-14-12-20(13-15-22)29-24-16-23(26-18(2)27-24)28-19-6-4-3-5-7-19/h8-16,19H,3-7H2,1-2H3,(H2,30,31,32)(H2,26,27,28,29). The Balaban J connectivity index is 1.34. The van der Waals surface area contributed by atoms with Gasteiger partial charge in [0.05, 0.1) is 0 Å². The first-order valence-corrected chi connectivity index (χ1v) is 11.2. The Labute approximate surface area is 189 Å². The zero-order chi connectivity index (χ0) is 22.3. The number of hydrogen-bond acceptors (Lipinski definition) is 5. The third-order valence-corrected chi connectivity index (χ3v) is 5.52. The van der Waals surface area contributed by atoms with Gasteiger partial charge in [0.2, 0.25) is 0 Å². The number of aromatic nitrogens is 2. The summed E-state index contributed by atoms with van der Waals surface area (Å²) in [5, 5.41) is 12.6. The number of aryl methyl sites for hydroxylation is 2. The van der Waals surface area contributed by atoms with Crippen molar-refractivity contribution in [3.05, 3.63) is 66.0 Å². The second-order valence-corrected chi connectivity index (χ2v) is 8.31. The molecule has 1 saturated carbocycles. The Morgan fingerprint density at radius 2 is 1.34 bits per heavy atom. The van der Waals surface area contributed by atoms with Gasteiger partial charge in [-0.15, -0.1) is 0 Å². The lowest BCUT2D eigenvalue weighted by Crippen LogP contribution is -2.23. The molecular weight excluding hydrogens is 400 g/mol. The van der Waals surface area contributed by atoms with E-state index < -0.39 is 0 Å². The molecule has 4 N–H and O–H groups in total. The summed E-state index contributed by atoms with van der Waals surface area (Å²) in [4.78, 5) is 21.3. The molecular formula is C25H30N6O. The highest BCUT2D eigenvalue weighted by molar-refractivity contribution is 5.99. The van der Waals surface area contributed by atoms with Crippen LogP contribution < -0.4 is 21.3 Å². The summed E-state index contributed by atoms with van der Waals surface area (Å²) >= 11 is 0. The van der Waals surface area contributed by atoms with Gasteiger partial charge in [-0.05, 0) is 63.1 Å². The zero-order valence-corrected chi connectivity index (χ0v) is 18.6. The Morgan fingerprint density at radius 3 is 2.00 bits per heavy atom. The van der Waals surface area contributed by atoms with Crippen molar-refractivity contribution in [2.75, 3.05) is 21.3 Å². The van der Waals surface area contributed by atoms with Gasteiger partial charge < -0.3 is 21.3 Å². The number of anilines is 5. The molecule has 1 aromatic heterocycles. The minimum atomic E-state index is -0.278. The van der Waals surface area contributed by atoms with Crippen molar-refractivity contribution >= 4 is 34.7 Å². The van der Waals surface area contributed by atoms with E-state index >= 15 is 0 Å². The lowest BCUT2D eigenvalue weighted by atomic mass is 9.95. The molecule has 0 atom stereocenters. The summed E-state index contributed by atoms with van der Waals surface area (Å²) < 4.78 is 0. The zero-order valence-electron chi connectivity index (χ0n) is 18.6. The molecule has 7 nitrogen and oxygen atoms in total. The maximum Gasteiger partial charge on any atom is 0.323 e. The predicted molar refractivity (Wildman–Crippen MR) is 131 cm³/mol. The van der Waals surface area contributed by atoms with Crippen LogP contribution in [0.25, 0.3) is 0 Å². The third kappa shape index (κ3) is 6.20. The number of hydrogen-bond donors (Lipinski definition) is 4. The highest BCUT2D eigenvalue weighted by Crippen LogP contribution is 2.23. The van der Waals surface area contributed by atoms with Gasteiger partial charge >= 0.3 is 6.03 Å². The number of carbonyl (C=O) groups excluding carboxylic acids is 1. The lowest BCUT2D eigenvalue weighted by molar-refractivity contribution is 0.262. The van der Waals surface area contributed by atoms with Crippen molar-refractivity contribution in [3.63, 3.8) is 0 Å². The molecule has 1 fully saturated rings. The van der Waals surface area contributed by atoms with Crippen LogP contribution in [0, 0.1) is 13.8 Å². The van der Waals surface area contributed by atoms with Gasteiger partial charge in [0, 0.05) is 29.2 Å². The predicted octanol–water partition coefficient (Wildman–Crippen LogP) is 6.23. The molecule has 166 valence electrons. The molecule has 0 unspecified atom stereocenters. The van der Waals surface area contributed by atoms with Crippen molar-refractivity contribution in [3.8, 4) is 0 Å².